The largest absolute Gasteiger partial charge is 0.320 e. The lowest BCUT2D eigenvalue weighted by molar-refractivity contribution is 0.102. The smallest absolute Gasteiger partial charge is 0.255 e. The number of carbonyl (C=O) groups is 1. The Bertz CT molecular complexity index is 1110. The molecule has 9 heteroatoms. The molecule has 1 amide bonds. The summed E-state index contributed by atoms with van der Waals surface area (Å²) in [4.78, 5) is 12.8. The molecule has 28 heavy (non-hydrogen) atoms. The first-order chi connectivity index (χ1) is 13.3. The van der Waals surface area contributed by atoms with Crippen LogP contribution in [0.15, 0.2) is 70.3 Å². The van der Waals surface area contributed by atoms with Crippen molar-refractivity contribution in [3.8, 4) is 5.69 Å². The van der Waals surface area contributed by atoms with Crippen LogP contribution in [-0.2, 0) is 10.0 Å². The molecule has 7 nitrogen and oxygen atoms in total. The minimum Gasteiger partial charge on any atom is -0.320 e. The standard InChI is InChI=1S/C19H19BrN4O3S/c1-13(2)23-28(26,27)16-7-5-6-14(10-16)19(25)22-17-8-3-4-9-18(17)24-12-15(20)11-21-24/h3-13,23H,1-2H3,(H,22,25). The van der Waals surface area contributed by atoms with Crippen LogP contribution in [0.25, 0.3) is 5.69 Å². The zero-order valence-electron chi connectivity index (χ0n) is 15.3. The van der Waals surface area contributed by atoms with Crippen LogP contribution in [0, 0.1) is 0 Å². The third-order valence-corrected chi connectivity index (χ3v) is 5.81. The molecule has 0 aliphatic heterocycles. The second kappa shape index (κ2) is 8.26. The molecular formula is C19H19BrN4O3S. The van der Waals surface area contributed by atoms with Crippen LogP contribution < -0.4 is 10.0 Å². The highest BCUT2D eigenvalue weighted by atomic mass is 79.9. The Hall–Kier alpha value is -2.49. The van der Waals surface area contributed by atoms with E-state index in [-0.39, 0.29) is 16.5 Å². The lowest BCUT2D eigenvalue weighted by Gasteiger charge is -2.12. The maximum Gasteiger partial charge on any atom is 0.255 e. The molecule has 0 saturated carbocycles. The van der Waals surface area contributed by atoms with Crippen molar-refractivity contribution in [3.05, 3.63) is 71.0 Å². The van der Waals surface area contributed by atoms with Gasteiger partial charge >= 0.3 is 0 Å². The van der Waals surface area contributed by atoms with Gasteiger partial charge in [0.15, 0.2) is 0 Å². The van der Waals surface area contributed by atoms with Crippen LogP contribution >= 0.6 is 15.9 Å². The number of anilines is 1. The number of halogens is 1. The molecule has 3 rings (SSSR count). The summed E-state index contributed by atoms with van der Waals surface area (Å²) in [5.74, 6) is -0.416. The second-order valence-electron chi connectivity index (χ2n) is 6.38. The van der Waals surface area contributed by atoms with Crippen LogP contribution in [0.5, 0.6) is 0 Å². The number of carbonyl (C=O) groups excluding carboxylic acids is 1. The second-order valence-corrected chi connectivity index (χ2v) is 9.01. The highest BCUT2D eigenvalue weighted by molar-refractivity contribution is 9.10. The summed E-state index contributed by atoms with van der Waals surface area (Å²) in [6.45, 7) is 3.47. The molecule has 2 N–H and O–H groups in total. The van der Waals surface area contributed by atoms with Crippen molar-refractivity contribution in [1.29, 1.82) is 0 Å². The minimum atomic E-state index is -3.69. The first-order valence-corrected chi connectivity index (χ1v) is 10.8. The molecule has 1 heterocycles. The zero-order valence-corrected chi connectivity index (χ0v) is 17.7. The summed E-state index contributed by atoms with van der Waals surface area (Å²) >= 11 is 3.35. The number of nitrogens with zero attached hydrogens (tertiary/aromatic N) is 2. The molecule has 0 bridgehead atoms. The number of rotatable bonds is 6. The highest BCUT2D eigenvalue weighted by Crippen LogP contribution is 2.22. The van der Waals surface area contributed by atoms with Gasteiger partial charge in [0.2, 0.25) is 10.0 Å². The molecule has 2 aromatic carbocycles. The van der Waals surface area contributed by atoms with E-state index in [4.69, 9.17) is 0 Å². The van der Waals surface area contributed by atoms with Crippen molar-refractivity contribution < 1.29 is 13.2 Å². The molecule has 1 aromatic heterocycles. The summed E-state index contributed by atoms with van der Waals surface area (Å²) in [6.07, 6.45) is 3.42. The quantitative estimate of drug-likeness (QED) is 0.585. The molecule has 0 atom stereocenters. The number of hydrogen-bond donors (Lipinski definition) is 2. The van der Waals surface area contributed by atoms with E-state index in [1.807, 2.05) is 12.1 Å². The summed E-state index contributed by atoms with van der Waals surface area (Å²) < 4.78 is 29.7. The summed E-state index contributed by atoms with van der Waals surface area (Å²) in [7, 11) is -3.69. The fourth-order valence-corrected chi connectivity index (χ4v) is 4.17. The maximum absolute atomic E-state index is 12.7. The van der Waals surface area contributed by atoms with Crippen LogP contribution in [0.2, 0.25) is 0 Å². The van der Waals surface area contributed by atoms with Crippen molar-refractivity contribution in [2.75, 3.05) is 5.32 Å². The Morgan fingerprint density at radius 1 is 1.14 bits per heavy atom. The number of nitrogens with one attached hydrogen (secondary N) is 2. The number of hydrogen-bond acceptors (Lipinski definition) is 4. The van der Waals surface area contributed by atoms with Crippen LogP contribution in [0.3, 0.4) is 0 Å². The molecule has 0 spiro atoms. The number of sulfonamides is 1. The predicted octanol–water partition coefficient (Wildman–Crippen LogP) is 3.57. The molecule has 0 fully saturated rings. The van der Waals surface area contributed by atoms with E-state index >= 15 is 0 Å². The van der Waals surface area contributed by atoms with Crippen molar-refractivity contribution >= 4 is 37.5 Å². The Labute approximate surface area is 172 Å². The van der Waals surface area contributed by atoms with Gasteiger partial charge in [-0.2, -0.15) is 5.10 Å². The van der Waals surface area contributed by atoms with Gasteiger partial charge in [-0.25, -0.2) is 17.8 Å². The van der Waals surface area contributed by atoms with Crippen molar-refractivity contribution in [1.82, 2.24) is 14.5 Å². The molecule has 0 aliphatic carbocycles. The average molecular weight is 463 g/mol. The van der Waals surface area contributed by atoms with Gasteiger partial charge in [-0.15, -0.1) is 0 Å². The van der Waals surface area contributed by atoms with Gasteiger partial charge in [0.1, 0.15) is 0 Å². The molecule has 146 valence electrons. The maximum atomic E-state index is 12.7. The minimum absolute atomic E-state index is 0.0399. The lowest BCUT2D eigenvalue weighted by atomic mass is 10.2. The SMILES string of the molecule is CC(C)NS(=O)(=O)c1cccc(C(=O)Nc2ccccc2-n2cc(Br)cn2)c1. The van der Waals surface area contributed by atoms with E-state index in [0.717, 1.165) is 4.47 Å². The molecular weight excluding hydrogens is 444 g/mol. The van der Waals surface area contributed by atoms with E-state index in [1.54, 1.807) is 55.2 Å². The van der Waals surface area contributed by atoms with Gasteiger partial charge in [-0.1, -0.05) is 18.2 Å². The van der Waals surface area contributed by atoms with Crippen LogP contribution in [0.4, 0.5) is 5.69 Å². The van der Waals surface area contributed by atoms with E-state index < -0.39 is 15.9 Å². The van der Waals surface area contributed by atoms with Gasteiger partial charge in [0.05, 0.1) is 26.9 Å². The van der Waals surface area contributed by atoms with Crippen molar-refractivity contribution in [2.45, 2.75) is 24.8 Å². The van der Waals surface area contributed by atoms with Crippen molar-refractivity contribution in [3.63, 3.8) is 0 Å². The first kappa shape index (κ1) is 20.2. The Morgan fingerprint density at radius 2 is 1.89 bits per heavy atom. The van der Waals surface area contributed by atoms with Crippen LogP contribution in [0.1, 0.15) is 24.2 Å². The van der Waals surface area contributed by atoms with E-state index in [1.165, 1.54) is 12.1 Å². The highest BCUT2D eigenvalue weighted by Gasteiger charge is 2.18. The normalized spacial score (nSPS) is 11.6. The lowest BCUT2D eigenvalue weighted by Crippen LogP contribution is -2.30. The molecule has 0 saturated heterocycles. The monoisotopic (exact) mass is 462 g/mol. The van der Waals surface area contributed by atoms with Crippen LogP contribution in [-0.4, -0.2) is 30.1 Å². The number of amides is 1. The van der Waals surface area contributed by atoms with Gasteiger partial charge in [-0.3, -0.25) is 4.79 Å². The Morgan fingerprint density at radius 3 is 2.57 bits per heavy atom. The van der Waals surface area contributed by atoms with Crippen molar-refractivity contribution in [2.24, 2.45) is 0 Å². The zero-order chi connectivity index (χ0) is 20.3. The number of aromatic nitrogens is 2. The third kappa shape index (κ3) is 4.67. The summed E-state index contributed by atoms with van der Waals surface area (Å²) in [6, 6.07) is 12.9. The van der Waals surface area contributed by atoms with E-state index in [0.29, 0.717) is 11.4 Å². The molecule has 0 aliphatic rings. The first-order valence-electron chi connectivity index (χ1n) is 8.49. The van der Waals surface area contributed by atoms with E-state index in [2.05, 4.69) is 31.1 Å². The fourth-order valence-electron chi connectivity index (χ4n) is 2.59. The Kier molecular flexibility index (Phi) is 5.97. The molecule has 3 aromatic rings. The van der Waals surface area contributed by atoms with Gasteiger partial charge in [0.25, 0.3) is 5.91 Å². The summed E-state index contributed by atoms with van der Waals surface area (Å²) in [5.41, 5.74) is 1.48. The topological polar surface area (TPSA) is 93.1 Å². The van der Waals surface area contributed by atoms with Gasteiger partial charge < -0.3 is 5.32 Å². The Balaban J connectivity index is 1.88. The molecule has 0 unspecified atom stereocenters. The summed E-state index contributed by atoms with van der Waals surface area (Å²) in [5, 5.41) is 7.06. The fraction of sp³-hybridized carbons (Fsp3) is 0.158. The van der Waals surface area contributed by atoms with E-state index in [9.17, 15) is 13.2 Å². The number of para-hydroxylation sites is 2. The molecule has 0 radical (unpaired) electrons. The predicted molar refractivity (Wildman–Crippen MR) is 111 cm³/mol. The third-order valence-electron chi connectivity index (χ3n) is 3.75. The van der Waals surface area contributed by atoms with Gasteiger partial charge in [-0.05, 0) is 60.1 Å². The number of benzene rings is 2. The average Bonchev–Trinajstić information content (AvgIpc) is 3.07. The van der Waals surface area contributed by atoms with Gasteiger partial charge in [0, 0.05) is 17.8 Å².